The predicted octanol–water partition coefficient (Wildman–Crippen LogP) is 0.00420. The van der Waals surface area contributed by atoms with Crippen LogP contribution in [0.2, 0.25) is 0 Å². The summed E-state index contributed by atoms with van der Waals surface area (Å²) in [5.74, 6) is 0. The molecule has 0 atom stereocenters. The topological polar surface area (TPSA) is 55.8 Å². The zero-order valence-electron chi connectivity index (χ0n) is 6.59. The van der Waals surface area contributed by atoms with Crippen LogP contribution in [-0.2, 0) is 9.16 Å². The van der Waals surface area contributed by atoms with Gasteiger partial charge < -0.3 is 14.3 Å². The molecule has 0 saturated heterocycles. The molecule has 0 unspecified atom stereocenters. The molecule has 0 aliphatic rings. The van der Waals surface area contributed by atoms with E-state index in [2.05, 4.69) is 4.43 Å². The zero-order valence-corrected chi connectivity index (χ0v) is 8.59. The van der Waals surface area contributed by atoms with Crippen molar-refractivity contribution in [1.82, 2.24) is 0 Å². The summed E-state index contributed by atoms with van der Waals surface area (Å²) in [6, 6.07) is 0. The average Bonchev–Trinajstić information content (AvgIpc) is 1.91. The first-order valence-electron chi connectivity index (χ1n) is 3.03. The summed E-state index contributed by atoms with van der Waals surface area (Å²) in [6.45, 7) is 5.67. The van der Waals surface area contributed by atoms with Crippen molar-refractivity contribution in [3.63, 3.8) is 0 Å². The standard InChI is InChI=1S/C4H10O.CH4O3Si/c1-3-5-4-2;2-1(3)4-5/h3-4H2,1-2H3;5H3,(H,2,3). The second-order valence-electron chi connectivity index (χ2n) is 1.25. The van der Waals surface area contributed by atoms with Crippen molar-refractivity contribution in [2.24, 2.45) is 0 Å². The molecule has 4 nitrogen and oxygen atoms in total. The number of rotatable bonds is 2. The Morgan fingerprint density at radius 1 is 1.50 bits per heavy atom. The number of hydrogen-bond donors (Lipinski definition) is 1. The predicted molar refractivity (Wildman–Crippen MR) is 41.2 cm³/mol. The molecule has 0 aromatic carbocycles. The lowest BCUT2D eigenvalue weighted by Crippen LogP contribution is -1.92. The maximum atomic E-state index is 9.18. The van der Waals surface area contributed by atoms with Crippen LogP contribution in [0.25, 0.3) is 0 Å². The fourth-order valence-electron chi connectivity index (χ4n) is 0.204. The zero-order chi connectivity index (χ0) is 8.41. The minimum Gasteiger partial charge on any atom is -0.499 e. The Kier molecular flexibility index (Phi) is 13.7. The SMILES string of the molecule is CCOCC.O=C(O)O[SiH3]. The molecular weight excluding hydrogens is 152 g/mol. The Morgan fingerprint density at radius 2 is 1.80 bits per heavy atom. The van der Waals surface area contributed by atoms with Gasteiger partial charge in [0.25, 0.3) is 0 Å². The monoisotopic (exact) mass is 166 g/mol. The van der Waals surface area contributed by atoms with Crippen LogP contribution in [0.4, 0.5) is 4.79 Å². The highest BCUT2D eigenvalue weighted by atomic mass is 28.2. The van der Waals surface area contributed by atoms with Gasteiger partial charge >= 0.3 is 6.16 Å². The molecule has 0 fully saturated rings. The van der Waals surface area contributed by atoms with Gasteiger partial charge in [0.05, 0.1) is 0 Å². The molecule has 0 aliphatic carbocycles. The molecule has 0 amide bonds. The fraction of sp³-hybridized carbons (Fsp3) is 0.800. The third-order valence-electron chi connectivity index (χ3n) is 0.583. The summed E-state index contributed by atoms with van der Waals surface area (Å²) in [4.78, 5) is 9.18. The van der Waals surface area contributed by atoms with Gasteiger partial charge in [0.15, 0.2) is 0 Å². The first-order valence-corrected chi connectivity index (χ1v) is 3.85. The Hall–Kier alpha value is -0.553. The number of hydrogen-bond acceptors (Lipinski definition) is 3. The summed E-state index contributed by atoms with van der Waals surface area (Å²) in [7, 11) is 0.274. The molecule has 0 radical (unpaired) electrons. The molecule has 0 bridgehead atoms. The van der Waals surface area contributed by atoms with Crippen LogP contribution < -0.4 is 0 Å². The summed E-state index contributed by atoms with van der Waals surface area (Å²) < 4.78 is 8.64. The van der Waals surface area contributed by atoms with E-state index < -0.39 is 6.16 Å². The maximum absolute atomic E-state index is 9.18. The van der Waals surface area contributed by atoms with Crippen LogP contribution in [0.15, 0.2) is 0 Å². The Bertz CT molecular complexity index is 74.0. The van der Waals surface area contributed by atoms with Crippen LogP contribution >= 0.6 is 0 Å². The van der Waals surface area contributed by atoms with Crippen LogP contribution in [0.3, 0.4) is 0 Å². The van der Waals surface area contributed by atoms with E-state index in [1.54, 1.807) is 0 Å². The van der Waals surface area contributed by atoms with E-state index in [0.29, 0.717) is 0 Å². The minimum atomic E-state index is -1.18. The molecule has 0 aromatic heterocycles. The maximum Gasteiger partial charge on any atom is 0.491 e. The molecule has 0 heterocycles. The van der Waals surface area contributed by atoms with Gasteiger partial charge in [-0.2, -0.15) is 0 Å². The van der Waals surface area contributed by atoms with Crippen molar-refractivity contribution in [2.75, 3.05) is 13.2 Å². The van der Waals surface area contributed by atoms with Gasteiger partial charge in [-0.15, -0.1) is 0 Å². The molecule has 1 N–H and O–H groups in total. The van der Waals surface area contributed by atoms with Crippen molar-refractivity contribution in [3.05, 3.63) is 0 Å². The minimum absolute atomic E-state index is 0.274. The first kappa shape index (κ1) is 12.2. The lowest BCUT2D eigenvalue weighted by molar-refractivity contribution is 0.148. The molecule has 10 heavy (non-hydrogen) atoms. The summed E-state index contributed by atoms with van der Waals surface area (Å²) in [5.41, 5.74) is 0. The van der Waals surface area contributed by atoms with E-state index in [9.17, 15) is 4.79 Å². The van der Waals surface area contributed by atoms with Gasteiger partial charge in [0.1, 0.15) is 0 Å². The second kappa shape index (κ2) is 11.3. The molecule has 62 valence electrons. The van der Waals surface area contributed by atoms with Crippen molar-refractivity contribution in [3.8, 4) is 0 Å². The highest BCUT2D eigenvalue weighted by Gasteiger charge is 1.79. The van der Waals surface area contributed by atoms with Crippen molar-refractivity contribution in [2.45, 2.75) is 13.8 Å². The van der Waals surface area contributed by atoms with Gasteiger partial charge in [0, 0.05) is 13.2 Å². The van der Waals surface area contributed by atoms with Crippen molar-refractivity contribution in [1.29, 1.82) is 0 Å². The van der Waals surface area contributed by atoms with Gasteiger partial charge in [0.2, 0.25) is 10.5 Å². The number of carbonyl (C=O) groups is 1. The molecule has 0 rings (SSSR count). The van der Waals surface area contributed by atoms with E-state index in [1.807, 2.05) is 13.8 Å². The Balaban J connectivity index is 0. The van der Waals surface area contributed by atoms with Crippen LogP contribution in [0.5, 0.6) is 0 Å². The first-order chi connectivity index (χ1) is 4.68. The van der Waals surface area contributed by atoms with Crippen LogP contribution in [0, 0.1) is 0 Å². The number of ether oxygens (including phenoxy) is 1. The molecule has 0 aliphatic heterocycles. The second-order valence-corrected chi connectivity index (χ2v) is 1.66. The van der Waals surface area contributed by atoms with Gasteiger partial charge in [-0.3, -0.25) is 0 Å². The number of carboxylic acid groups (broad SMARTS) is 1. The average molecular weight is 166 g/mol. The molecule has 0 saturated carbocycles. The van der Waals surface area contributed by atoms with E-state index in [-0.39, 0.29) is 10.5 Å². The molecule has 0 aromatic rings. The van der Waals surface area contributed by atoms with Crippen LogP contribution in [0.1, 0.15) is 13.8 Å². The highest BCUT2D eigenvalue weighted by Crippen LogP contribution is 1.64. The Morgan fingerprint density at radius 3 is 1.80 bits per heavy atom. The molecule has 5 heteroatoms. The third-order valence-corrected chi connectivity index (χ3v) is 0.932. The lowest BCUT2D eigenvalue weighted by Gasteiger charge is -1.86. The van der Waals surface area contributed by atoms with E-state index in [1.165, 1.54) is 0 Å². The van der Waals surface area contributed by atoms with Gasteiger partial charge in [-0.1, -0.05) is 0 Å². The Labute approximate surface area is 63.7 Å². The third kappa shape index (κ3) is 26.1. The fourth-order valence-corrected chi connectivity index (χ4v) is 0.204. The summed E-state index contributed by atoms with van der Waals surface area (Å²) in [5, 5.41) is 7.53. The summed E-state index contributed by atoms with van der Waals surface area (Å²) >= 11 is 0. The normalized spacial score (nSPS) is 7.80. The van der Waals surface area contributed by atoms with Crippen LogP contribution in [-0.4, -0.2) is 35.0 Å². The summed E-state index contributed by atoms with van der Waals surface area (Å²) in [6.07, 6.45) is -1.18. The largest absolute Gasteiger partial charge is 0.499 e. The highest BCUT2D eigenvalue weighted by molar-refractivity contribution is 6.03. The molecular formula is C5H14O4Si. The van der Waals surface area contributed by atoms with E-state index >= 15 is 0 Å². The van der Waals surface area contributed by atoms with Gasteiger partial charge in [-0.25, -0.2) is 4.79 Å². The lowest BCUT2D eigenvalue weighted by atomic mass is 10.8. The van der Waals surface area contributed by atoms with E-state index in [4.69, 9.17) is 9.84 Å². The smallest absolute Gasteiger partial charge is 0.491 e. The molecule has 0 spiro atoms. The van der Waals surface area contributed by atoms with E-state index in [0.717, 1.165) is 13.2 Å². The quantitative estimate of drug-likeness (QED) is 0.587. The van der Waals surface area contributed by atoms with Crippen molar-refractivity contribution < 1.29 is 19.1 Å². The van der Waals surface area contributed by atoms with Crippen molar-refractivity contribution >= 4 is 16.6 Å². The van der Waals surface area contributed by atoms with Gasteiger partial charge in [-0.05, 0) is 13.8 Å².